The molecule has 2 heterocycles. The fraction of sp³-hybridized carbons (Fsp3) is 0.778. The molecule has 2 fully saturated rings. The molecule has 0 amide bonds. The molecule has 4 atom stereocenters. The van der Waals surface area contributed by atoms with Gasteiger partial charge in [-0.05, 0) is 86.2 Å². The van der Waals surface area contributed by atoms with E-state index in [9.17, 15) is 0 Å². The first-order valence-corrected chi connectivity index (χ1v) is 14.6. The summed E-state index contributed by atoms with van der Waals surface area (Å²) in [7, 11) is 0. The lowest BCUT2D eigenvalue weighted by Gasteiger charge is -2.18. The Morgan fingerprint density at radius 1 is 0.448 bits per heavy atom. The molecule has 29 heavy (non-hydrogen) atoms. The summed E-state index contributed by atoms with van der Waals surface area (Å²) >= 11 is 4.59. The summed E-state index contributed by atoms with van der Waals surface area (Å²) < 4.78 is 3.58. The van der Waals surface area contributed by atoms with Gasteiger partial charge in [0.15, 0.2) is 0 Å². The molecule has 2 saturated carbocycles. The third kappa shape index (κ3) is 3.65. The number of fused-ring (bicyclic) bond motifs is 13. The van der Waals surface area contributed by atoms with Gasteiger partial charge in [-0.3, -0.25) is 0 Å². The highest BCUT2D eigenvalue weighted by atomic mass is 32.1. The van der Waals surface area contributed by atoms with Gasteiger partial charge >= 0.3 is 0 Å². The fourth-order valence-electron chi connectivity index (χ4n) is 7.24. The Kier molecular flexibility index (Phi) is 5.54. The van der Waals surface area contributed by atoms with E-state index in [1.165, 1.54) is 109 Å². The maximum Gasteiger partial charge on any atom is 0.0491 e. The van der Waals surface area contributed by atoms with Crippen LogP contribution in [0.3, 0.4) is 0 Å². The van der Waals surface area contributed by atoms with Crippen molar-refractivity contribution < 1.29 is 0 Å². The molecule has 0 saturated heterocycles. The van der Waals surface area contributed by atoms with Crippen LogP contribution in [0.4, 0.5) is 0 Å². The Morgan fingerprint density at radius 3 is 1.41 bits per heavy atom. The smallest absolute Gasteiger partial charge is 0.0491 e. The monoisotopic (exact) mass is 426 g/mol. The van der Waals surface area contributed by atoms with Gasteiger partial charge in [0.25, 0.3) is 0 Å². The molecule has 0 spiro atoms. The molecule has 2 heteroatoms. The first-order valence-electron chi connectivity index (χ1n) is 12.9. The molecule has 0 nitrogen and oxygen atoms in total. The molecule has 4 bridgehead atoms. The molecule has 4 unspecified atom stereocenters. The average Bonchev–Trinajstić information content (AvgIpc) is 3.16. The summed E-state index contributed by atoms with van der Waals surface area (Å²) in [6.45, 7) is 0. The zero-order valence-corrected chi connectivity index (χ0v) is 19.8. The zero-order valence-electron chi connectivity index (χ0n) is 18.1. The Hall–Kier alpha value is -0.340. The first kappa shape index (κ1) is 19.4. The summed E-state index contributed by atoms with van der Waals surface area (Å²) in [5.74, 6) is 3.74. The van der Waals surface area contributed by atoms with Crippen LogP contribution in [0, 0.1) is 11.8 Å². The molecular weight excluding hydrogens is 388 g/mol. The van der Waals surface area contributed by atoms with Crippen LogP contribution in [-0.4, -0.2) is 0 Å². The van der Waals surface area contributed by atoms with Crippen LogP contribution in [0.5, 0.6) is 0 Å². The van der Waals surface area contributed by atoms with Gasteiger partial charge in [-0.25, -0.2) is 0 Å². The van der Waals surface area contributed by atoms with Crippen molar-refractivity contribution in [2.24, 2.45) is 11.8 Å². The Bertz CT molecular complexity index is 856. The van der Waals surface area contributed by atoms with E-state index in [1.54, 1.807) is 9.40 Å². The van der Waals surface area contributed by atoms with Crippen LogP contribution in [-0.2, 0) is 12.8 Å². The van der Waals surface area contributed by atoms with Crippen molar-refractivity contribution >= 4 is 32.1 Å². The average molecular weight is 427 g/mol. The van der Waals surface area contributed by atoms with Crippen molar-refractivity contribution in [2.75, 3.05) is 0 Å². The molecule has 2 aromatic heterocycles. The maximum absolute atomic E-state index is 2.30. The highest BCUT2D eigenvalue weighted by Crippen LogP contribution is 2.53. The van der Waals surface area contributed by atoms with E-state index in [0.717, 1.165) is 23.7 Å². The van der Waals surface area contributed by atoms with Crippen molar-refractivity contribution in [2.45, 2.75) is 121 Å². The van der Waals surface area contributed by atoms with Gasteiger partial charge < -0.3 is 0 Å². The van der Waals surface area contributed by atoms with Gasteiger partial charge in [-0.2, -0.15) is 0 Å². The summed E-state index contributed by atoms with van der Waals surface area (Å²) in [4.78, 5) is 3.73. The van der Waals surface area contributed by atoms with Gasteiger partial charge in [0.2, 0.25) is 0 Å². The molecule has 0 aromatic carbocycles. The highest BCUT2D eigenvalue weighted by Gasteiger charge is 2.33. The summed E-state index contributed by atoms with van der Waals surface area (Å²) in [6, 6.07) is 0. The molecule has 0 N–H and O–H groups in total. The minimum Gasteiger partial charge on any atom is -0.138 e. The van der Waals surface area contributed by atoms with Crippen molar-refractivity contribution in [1.82, 2.24) is 0 Å². The Morgan fingerprint density at radius 2 is 0.897 bits per heavy atom. The number of rotatable bonds is 0. The van der Waals surface area contributed by atoms with Crippen LogP contribution in [0.15, 0.2) is 0 Å². The minimum atomic E-state index is 0.893. The second-order valence-electron chi connectivity index (χ2n) is 10.9. The van der Waals surface area contributed by atoms with Crippen molar-refractivity contribution in [3.8, 4) is 0 Å². The topological polar surface area (TPSA) is 0 Å². The van der Waals surface area contributed by atoms with Gasteiger partial charge in [0.05, 0.1) is 0 Å². The van der Waals surface area contributed by atoms with E-state index in [1.807, 2.05) is 20.9 Å². The van der Waals surface area contributed by atoms with Crippen molar-refractivity contribution in [3.05, 3.63) is 20.9 Å². The lowest BCUT2D eigenvalue weighted by molar-refractivity contribution is 0.385. The number of hydrogen-bond donors (Lipinski definition) is 0. The van der Waals surface area contributed by atoms with Crippen LogP contribution in [0.2, 0.25) is 0 Å². The van der Waals surface area contributed by atoms with Crippen LogP contribution in [0.25, 0.3) is 9.40 Å². The van der Waals surface area contributed by atoms with E-state index >= 15 is 0 Å². The zero-order chi connectivity index (χ0) is 19.2. The van der Waals surface area contributed by atoms with Crippen LogP contribution < -0.4 is 0 Å². The van der Waals surface area contributed by atoms with E-state index in [4.69, 9.17) is 0 Å². The van der Waals surface area contributed by atoms with Crippen LogP contribution >= 0.6 is 22.7 Å². The first-order chi connectivity index (χ1) is 14.4. The van der Waals surface area contributed by atoms with Gasteiger partial charge in [0, 0.05) is 19.2 Å². The standard InChI is InChI=1S/C27H38S2/c1-2-6-10-20-14-12-18(8-4-1)16-22-24(20)28-27-23-17-19-9-5-3-7-11-21(15-13-19)25(23)29-26(22)27/h18-21H,1-17H2. The molecule has 4 aliphatic carbocycles. The predicted octanol–water partition coefficient (Wildman–Crippen LogP) is 9.35. The van der Waals surface area contributed by atoms with E-state index in [0.29, 0.717) is 0 Å². The predicted molar refractivity (Wildman–Crippen MR) is 129 cm³/mol. The second kappa shape index (κ2) is 8.30. The Labute approximate surface area is 185 Å². The molecular formula is C27H38S2. The summed E-state index contributed by atoms with van der Waals surface area (Å²) in [6.07, 6.45) is 25.1. The van der Waals surface area contributed by atoms with Crippen molar-refractivity contribution in [1.29, 1.82) is 0 Å². The summed E-state index contributed by atoms with van der Waals surface area (Å²) in [5.41, 5.74) is 3.72. The second-order valence-corrected chi connectivity index (χ2v) is 13.0. The van der Waals surface area contributed by atoms with E-state index < -0.39 is 0 Å². The number of thiophene rings is 2. The lowest BCUT2D eigenvalue weighted by atomic mass is 9.89. The third-order valence-corrected chi connectivity index (χ3v) is 12.0. The van der Waals surface area contributed by atoms with Gasteiger partial charge in [0.1, 0.15) is 0 Å². The minimum absolute atomic E-state index is 0.893. The van der Waals surface area contributed by atoms with E-state index in [2.05, 4.69) is 22.7 Å². The van der Waals surface area contributed by atoms with Crippen LogP contribution in [0.1, 0.15) is 129 Å². The maximum atomic E-state index is 2.30. The fourth-order valence-corrected chi connectivity index (χ4v) is 10.5. The van der Waals surface area contributed by atoms with E-state index in [-0.39, 0.29) is 0 Å². The molecule has 4 aliphatic rings. The Balaban J connectivity index is 1.46. The highest BCUT2D eigenvalue weighted by molar-refractivity contribution is 7.28. The third-order valence-electron chi connectivity index (χ3n) is 8.93. The molecule has 2 aromatic rings. The van der Waals surface area contributed by atoms with Gasteiger partial charge in [-0.1, -0.05) is 57.8 Å². The number of hydrogen-bond acceptors (Lipinski definition) is 2. The SMILES string of the molecule is C1CCCC2CCC(CC1)Cc1c2sc2c3c(sc12)C1CCCCCC(CC1)C3. The molecule has 6 rings (SSSR count). The lowest BCUT2D eigenvalue weighted by Crippen LogP contribution is -2.04. The molecule has 0 radical (unpaired) electrons. The quantitative estimate of drug-likeness (QED) is 0.393. The normalized spacial score (nSPS) is 33.2. The van der Waals surface area contributed by atoms with Gasteiger partial charge in [-0.15, -0.1) is 22.7 Å². The molecule has 158 valence electrons. The molecule has 0 aliphatic heterocycles. The summed E-state index contributed by atoms with van der Waals surface area (Å²) in [5, 5.41) is 0. The largest absolute Gasteiger partial charge is 0.138 e. The van der Waals surface area contributed by atoms with Crippen molar-refractivity contribution in [3.63, 3.8) is 0 Å².